The van der Waals surface area contributed by atoms with Gasteiger partial charge in [0.2, 0.25) is 5.91 Å². The number of amides is 1. The summed E-state index contributed by atoms with van der Waals surface area (Å²) >= 11 is 0. The standard InChI is InChI=1S/C12H19N5O2/c18-12(9-2-6-19-8-9)14-7-11-16-15-10-1-3-13-4-5-17(10)11/h9,13H,1-8H2,(H,14,18)/t9-/m1/s1. The van der Waals surface area contributed by atoms with Gasteiger partial charge in [-0.15, -0.1) is 10.2 Å². The maximum Gasteiger partial charge on any atom is 0.225 e. The molecule has 2 aliphatic rings. The highest BCUT2D eigenvalue weighted by molar-refractivity contribution is 5.78. The Morgan fingerprint density at radius 1 is 1.47 bits per heavy atom. The Bertz CT molecular complexity index is 453. The number of carbonyl (C=O) groups excluding carboxylic acids is 1. The van der Waals surface area contributed by atoms with E-state index >= 15 is 0 Å². The molecule has 1 amide bonds. The average Bonchev–Trinajstić information content (AvgIpc) is 3.02. The number of nitrogens with one attached hydrogen (secondary N) is 2. The van der Waals surface area contributed by atoms with Crippen LogP contribution in [0.1, 0.15) is 18.1 Å². The van der Waals surface area contributed by atoms with Gasteiger partial charge >= 0.3 is 0 Å². The second-order valence-corrected chi connectivity index (χ2v) is 4.96. The van der Waals surface area contributed by atoms with Crippen LogP contribution in [0.4, 0.5) is 0 Å². The molecule has 7 nitrogen and oxygen atoms in total. The molecule has 0 saturated carbocycles. The van der Waals surface area contributed by atoms with Crippen LogP contribution < -0.4 is 10.6 Å². The SMILES string of the molecule is O=C(NCc1nnc2n1CCNCC2)[C@@H]1CCOC1. The van der Waals surface area contributed by atoms with Crippen molar-refractivity contribution in [1.29, 1.82) is 0 Å². The summed E-state index contributed by atoms with van der Waals surface area (Å²) < 4.78 is 7.32. The molecule has 0 aromatic carbocycles. The van der Waals surface area contributed by atoms with Gasteiger partial charge in [-0.2, -0.15) is 0 Å². The Balaban J connectivity index is 1.60. The van der Waals surface area contributed by atoms with E-state index < -0.39 is 0 Å². The molecule has 0 aliphatic carbocycles. The molecule has 0 bridgehead atoms. The van der Waals surface area contributed by atoms with E-state index in [0.29, 0.717) is 19.8 Å². The van der Waals surface area contributed by atoms with E-state index in [-0.39, 0.29) is 11.8 Å². The molecule has 3 heterocycles. The molecule has 0 unspecified atom stereocenters. The van der Waals surface area contributed by atoms with Crippen molar-refractivity contribution in [3.63, 3.8) is 0 Å². The van der Waals surface area contributed by atoms with Crippen molar-refractivity contribution in [2.45, 2.75) is 25.9 Å². The van der Waals surface area contributed by atoms with E-state index in [4.69, 9.17) is 4.74 Å². The lowest BCUT2D eigenvalue weighted by Gasteiger charge is -2.10. The number of ether oxygens (including phenoxy) is 1. The average molecular weight is 265 g/mol. The van der Waals surface area contributed by atoms with Gasteiger partial charge in [-0.3, -0.25) is 4.79 Å². The number of hydrogen-bond donors (Lipinski definition) is 2. The third-order valence-corrected chi connectivity index (χ3v) is 3.66. The number of carbonyl (C=O) groups is 1. The monoisotopic (exact) mass is 265 g/mol. The summed E-state index contributed by atoms with van der Waals surface area (Å²) in [5.74, 6) is 1.89. The van der Waals surface area contributed by atoms with Gasteiger partial charge in [-0.25, -0.2) is 0 Å². The van der Waals surface area contributed by atoms with Crippen molar-refractivity contribution < 1.29 is 9.53 Å². The smallest absolute Gasteiger partial charge is 0.225 e. The fourth-order valence-electron chi connectivity index (χ4n) is 2.51. The maximum absolute atomic E-state index is 11.9. The largest absolute Gasteiger partial charge is 0.381 e. The Hall–Kier alpha value is -1.47. The molecule has 2 N–H and O–H groups in total. The third-order valence-electron chi connectivity index (χ3n) is 3.66. The van der Waals surface area contributed by atoms with Crippen LogP contribution in [-0.4, -0.2) is 47.0 Å². The highest BCUT2D eigenvalue weighted by Gasteiger charge is 2.24. The van der Waals surface area contributed by atoms with Crippen molar-refractivity contribution in [2.24, 2.45) is 5.92 Å². The number of fused-ring (bicyclic) bond motifs is 1. The fourth-order valence-corrected chi connectivity index (χ4v) is 2.51. The Morgan fingerprint density at radius 2 is 2.42 bits per heavy atom. The van der Waals surface area contributed by atoms with Crippen LogP contribution in [0.2, 0.25) is 0 Å². The summed E-state index contributed by atoms with van der Waals surface area (Å²) in [5, 5.41) is 14.6. The third kappa shape index (κ3) is 2.76. The Morgan fingerprint density at radius 3 is 3.26 bits per heavy atom. The Kier molecular flexibility index (Phi) is 3.74. The van der Waals surface area contributed by atoms with Crippen molar-refractivity contribution in [3.05, 3.63) is 11.6 Å². The van der Waals surface area contributed by atoms with Gasteiger partial charge in [0.15, 0.2) is 5.82 Å². The van der Waals surface area contributed by atoms with E-state index in [1.54, 1.807) is 0 Å². The normalized spacial score (nSPS) is 22.8. The minimum Gasteiger partial charge on any atom is -0.381 e. The molecule has 7 heteroatoms. The van der Waals surface area contributed by atoms with Crippen LogP contribution >= 0.6 is 0 Å². The number of rotatable bonds is 3. The first-order valence-electron chi connectivity index (χ1n) is 6.82. The van der Waals surface area contributed by atoms with E-state index in [2.05, 4.69) is 25.4 Å². The first-order chi connectivity index (χ1) is 9.34. The molecule has 1 atom stereocenters. The van der Waals surface area contributed by atoms with Crippen LogP contribution in [0.5, 0.6) is 0 Å². The minimum atomic E-state index is -0.00630. The van der Waals surface area contributed by atoms with E-state index in [1.807, 2.05) is 0 Å². The molecule has 1 fully saturated rings. The lowest BCUT2D eigenvalue weighted by atomic mass is 10.1. The van der Waals surface area contributed by atoms with Gasteiger partial charge in [0.05, 0.1) is 19.1 Å². The molecule has 19 heavy (non-hydrogen) atoms. The van der Waals surface area contributed by atoms with Crippen LogP contribution in [0.25, 0.3) is 0 Å². The zero-order valence-corrected chi connectivity index (χ0v) is 10.9. The van der Waals surface area contributed by atoms with E-state index in [0.717, 1.165) is 44.1 Å². The van der Waals surface area contributed by atoms with E-state index in [1.165, 1.54) is 0 Å². The molecule has 104 valence electrons. The van der Waals surface area contributed by atoms with Crippen LogP contribution in [0.15, 0.2) is 0 Å². The zero-order chi connectivity index (χ0) is 13.1. The van der Waals surface area contributed by atoms with Crippen LogP contribution in [-0.2, 0) is 29.0 Å². The molecular formula is C12H19N5O2. The zero-order valence-electron chi connectivity index (χ0n) is 10.9. The maximum atomic E-state index is 11.9. The molecule has 1 aromatic rings. The Labute approximate surface area is 111 Å². The first kappa shape index (κ1) is 12.6. The van der Waals surface area contributed by atoms with Gasteiger partial charge in [-0.05, 0) is 6.42 Å². The lowest BCUT2D eigenvalue weighted by molar-refractivity contribution is -0.125. The summed E-state index contributed by atoms with van der Waals surface area (Å²) in [5.41, 5.74) is 0. The van der Waals surface area contributed by atoms with Crippen LogP contribution in [0.3, 0.4) is 0 Å². The molecular weight excluding hydrogens is 246 g/mol. The molecule has 1 aromatic heterocycles. The highest BCUT2D eigenvalue weighted by Crippen LogP contribution is 2.12. The van der Waals surface area contributed by atoms with Gasteiger partial charge in [0.25, 0.3) is 0 Å². The van der Waals surface area contributed by atoms with Gasteiger partial charge < -0.3 is 19.9 Å². The topological polar surface area (TPSA) is 81.1 Å². The van der Waals surface area contributed by atoms with Gasteiger partial charge in [0.1, 0.15) is 5.82 Å². The number of nitrogens with zero attached hydrogens (tertiary/aromatic N) is 3. The number of hydrogen-bond acceptors (Lipinski definition) is 5. The molecule has 3 rings (SSSR count). The van der Waals surface area contributed by atoms with Gasteiger partial charge in [0, 0.05) is 32.7 Å². The van der Waals surface area contributed by atoms with Crippen molar-refractivity contribution >= 4 is 5.91 Å². The van der Waals surface area contributed by atoms with Gasteiger partial charge in [-0.1, -0.05) is 0 Å². The minimum absolute atomic E-state index is 0.00630. The van der Waals surface area contributed by atoms with Crippen molar-refractivity contribution in [3.8, 4) is 0 Å². The first-order valence-corrected chi connectivity index (χ1v) is 6.82. The molecule has 1 saturated heterocycles. The highest BCUT2D eigenvalue weighted by atomic mass is 16.5. The summed E-state index contributed by atoms with van der Waals surface area (Å²) in [6.07, 6.45) is 1.70. The predicted molar refractivity (Wildman–Crippen MR) is 67.4 cm³/mol. The van der Waals surface area contributed by atoms with Crippen LogP contribution in [0, 0.1) is 5.92 Å². The molecule has 0 spiro atoms. The summed E-state index contributed by atoms with van der Waals surface area (Å²) in [4.78, 5) is 11.9. The lowest BCUT2D eigenvalue weighted by Crippen LogP contribution is -2.31. The summed E-state index contributed by atoms with van der Waals surface area (Å²) in [6.45, 7) is 4.38. The molecule has 2 aliphatic heterocycles. The summed E-state index contributed by atoms with van der Waals surface area (Å²) in [6, 6.07) is 0. The second kappa shape index (κ2) is 5.66. The predicted octanol–water partition coefficient (Wildman–Crippen LogP) is -0.923. The van der Waals surface area contributed by atoms with E-state index in [9.17, 15) is 4.79 Å². The quantitative estimate of drug-likeness (QED) is 0.738. The second-order valence-electron chi connectivity index (χ2n) is 4.96. The number of aromatic nitrogens is 3. The molecule has 0 radical (unpaired) electrons. The summed E-state index contributed by atoms with van der Waals surface area (Å²) in [7, 11) is 0. The van der Waals surface area contributed by atoms with Crippen molar-refractivity contribution in [1.82, 2.24) is 25.4 Å². The van der Waals surface area contributed by atoms with Crippen molar-refractivity contribution in [2.75, 3.05) is 26.3 Å². The fraction of sp³-hybridized carbons (Fsp3) is 0.750.